The minimum atomic E-state index is -3.82. The third-order valence-corrected chi connectivity index (χ3v) is 1.96. The lowest BCUT2D eigenvalue weighted by atomic mass is 10.0. The summed E-state index contributed by atoms with van der Waals surface area (Å²) in [7, 11) is 0. The van der Waals surface area contributed by atoms with E-state index in [2.05, 4.69) is 0 Å². The smallest absolute Gasteiger partial charge is 0.374 e. The standard InChI is InChI=1S/C10H9F3O2/c1-6-4-7(2-3-8(6)11)5-10(12,13)9(14)15/h2-4H,5H2,1H3,(H,14,15). The highest BCUT2D eigenvalue weighted by molar-refractivity contribution is 5.75. The summed E-state index contributed by atoms with van der Waals surface area (Å²) < 4.78 is 38.3. The summed E-state index contributed by atoms with van der Waals surface area (Å²) >= 11 is 0. The van der Waals surface area contributed by atoms with Crippen LogP contribution in [0.2, 0.25) is 0 Å². The number of carboxylic acids is 1. The molecular weight excluding hydrogens is 209 g/mol. The lowest BCUT2D eigenvalue weighted by Crippen LogP contribution is -2.30. The molecule has 0 aromatic heterocycles. The minimum Gasteiger partial charge on any atom is -0.477 e. The Morgan fingerprint density at radius 1 is 1.47 bits per heavy atom. The third-order valence-electron chi connectivity index (χ3n) is 1.96. The molecule has 82 valence electrons. The van der Waals surface area contributed by atoms with E-state index in [-0.39, 0.29) is 11.1 Å². The Morgan fingerprint density at radius 2 is 2.07 bits per heavy atom. The number of hydrogen-bond acceptors (Lipinski definition) is 1. The average molecular weight is 218 g/mol. The molecule has 0 saturated heterocycles. The van der Waals surface area contributed by atoms with Crippen LogP contribution in [0.3, 0.4) is 0 Å². The van der Waals surface area contributed by atoms with Crippen LogP contribution in [0.1, 0.15) is 11.1 Å². The van der Waals surface area contributed by atoms with Crippen molar-refractivity contribution < 1.29 is 23.1 Å². The van der Waals surface area contributed by atoms with Gasteiger partial charge in [-0.15, -0.1) is 0 Å². The number of carboxylic acid groups (broad SMARTS) is 1. The van der Waals surface area contributed by atoms with Crippen molar-refractivity contribution in [2.75, 3.05) is 0 Å². The van der Waals surface area contributed by atoms with Crippen molar-refractivity contribution in [1.82, 2.24) is 0 Å². The lowest BCUT2D eigenvalue weighted by molar-refractivity contribution is -0.164. The second-order valence-electron chi connectivity index (χ2n) is 3.27. The van der Waals surface area contributed by atoms with Gasteiger partial charge in [-0.2, -0.15) is 8.78 Å². The first kappa shape index (κ1) is 11.6. The molecule has 1 N–H and O–H groups in total. The first-order chi connectivity index (χ1) is 6.83. The lowest BCUT2D eigenvalue weighted by Gasteiger charge is -2.11. The normalized spacial score (nSPS) is 11.5. The van der Waals surface area contributed by atoms with Gasteiger partial charge in [0.2, 0.25) is 0 Å². The summed E-state index contributed by atoms with van der Waals surface area (Å²) in [5.41, 5.74) is 0.315. The number of aryl methyl sites for hydroxylation is 1. The molecule has 5 heteroatoms. The SMILES string of the molecule is Cc1cc(CC(F)(F)C(=O)O)ccc1F. The Hall–Kier alpha value is -1.52. The third kappa shape index (κ3) is 2.71. The summed E-state index contributed by atoms with van der Waals surface area (Å²) in [4.78, 5) is 10.2. The zero-order valence-electron chi connectivity index (χ0n) is 7.93. The van der Waals surface area contributed by atoms with Crippen molar-refractivity contribution in [2.45, 2.75) is 19.3 Å². The molecule has 0 heterocycles. The second kappa shape index (κ2) is 3.92. The average Bonchev–Trinajstić information content (AvgIpc) is 2.10. The minimum absolute atomic E-state index is 0.0984. The molecule has 1 aromatic carbocycles. The van der Waals surface area contributed by atoms with Crippen LogP contribution >= 0.6 is 0 Å². The summed E-state index contributed by atoms with van der Waals surface area (Å²) in [5, 5.41) is 8.20. The zero-order chi connectivity index (χ0) is 11.6. The number of hydrogen-bond donors (Lipinski definition) is 1. The van der Waals surface area contributed by atoms with Gasteiger partial charge in [0.1, 0.15) is 5.82 Å². The first-order valence-electron chi connectivity index (χ1n) is 4.19. The molecule has 1 rings (SSSR count). The molecule has 0 aliphatic heterocycles. The molecule has 0 aliphatic rings. The molecule has 15 heavy (non-hydrogen) atoms. The van der Waals surface area contributed by atoms with E-state index in [0.29, 0.717) is 0 Å². The van der Waals surface area contributed by atoms with E-state index in [1.54, 1.807) is 0 Å². The number of alkyl halides is 2. The molecule has 0 bridgehead atoms. The summed E-state index contributed by atoms with van der Waals surface area (Å²) in [6.45, 7) is 1.43. The maximum Gasteiger partial charge on any atom is 0.374 e. The largest absolute Gasteiger partial charge is 0.477 e. The number of rotatable bonds is 3. The van der Waals surface area contributed by atoms with Gasteiger partial charge in [-0.1, -0.05) is 12.1 Å². The van der Waals surface area contributed by atoms with Gasteiger partial charge in [0, 0.05) is 6.42 Å². The zero-order valence-corrected chi connectivity index (χ0v) is 7.93. The predicted octanol–water partition coefficient (Wildman–Crippen LogP) is 2.40. The highest BCUT2D eigenvalue weighted by Gasteiger charge is 2.38. The molecule has 0 amide bonds. The van der Waals surface area contributed by atoms with Crippen molar-refractivity contribution in [1.29, 1.82) is 0 Å². The molecule has 0 fully saturated rings. The van der Waals surface area contributed by atoms with Gasteiger partial charge in [-0.05, 0) is 24.1 Å². The van der Waals surface area contributed by atoms with Crippen molar-refractivity contribution in [3.05, 3.63) is 35.1 Å². The summed E-state index contributed by atoms with van der Waals surface area (Å²) in [6, 6.07) is 3.41. The van der Waals surface area contributed by atoms with E-state index in [9.17, 15) is 18.0 Å². The van der Waals surface area contributed by atoms with E-state index >= 15 is 0 Å². The fraction of sp³-hybridized carbons (Fsp3) is 0.300. The van der Waals surface area contributed by atoms with E-state index in [1.165, 1.54) is 13.0 Å². The Bertz CT molecular complexity index is 388. The van der Waals surface area contributed by atoms with Crippen LogP contribution in [-0.2, 0) is 11.2 Å². The van der Waals surface area contributed by atoms with Crippen LogP contribution < -0.4 is 0 Å². The fourth-order valence-corrected chi connectivity index (χ4v) is 1.15. The topological polar surface area (TPSA) is 37.3 Å². The van der Waals surface area contributed by atoms with E-state index in [4.69, 9.17) is 5.11 Å². The molecule has 0 unspecified atom stereocenters. The molecule has 2 nitrogen and oxygen atoms in total. The van der Waals surface area contributed by atoms with Crippen LogP contribution in [0, 0.1) is 12.7 Å². The van der Waals surface area contributed by atoms with Crippen LogP contribution in [0.25, 0.3) is 0 Å². The summed E-state index contributed by atoms with van der Waals surface area (Å²) in [5.74, 6) is -6.49. The van der Waals surface area contributed by atoms with Crippen LogP contribution in [0.4, 0.5) is 13.2 Å². The molecule has 0 atom stereocenters. The maximum atomic E-state index is 12.8. The van der Waals surface area contributed by atoms with Crippen molar-refractivity contribution in [3.63, 3.8) is 0 Å². The first-order valence-corrected chi connectivity index (χ1v) is 4.19. The van der Waals surface area contributed by atoms with Gasteiger partial charge in [-0.3, -0.25) is 0 Å². The molecule has 0 radical (unpaired) electrons. The Morgan fingerprint density at radius 3 is 2.53 bits per heavy atom. The monoisotopic (exact) mass is 218 g/mol. The predicted molar refractivity (Wildman–Crippen MR) is 47.4 cm³/mol. The second-order valence-corrected chi connectivity index (χ2v) is 3.27. The van der Waals surface area contributed by atoms with Crippen LogP contribution in [-0.4, -0.2) is 17.0 Å². The van der Waals surface area contributed by atoms with E-state index in [0.717, 1.165) is 12.1 Å². The van der Waals surface area contributed by atoms with Gasteiger partial charge in [0.05, 0.1) is 0 Å². The molecular formula is C10H9F3O2. The maximum absolute atomic E-state index is 12.8. The van der Waals surface area contributed by atoms with Gasteiger partial charge < -0.3 is 5.11 Å². The number of carbonyl (C=O) groups is 1. The Kier molecular flexibility index (Phi) is 3.02. The number of halogens is 3. The van der Waals surface area contributed by atoms with Gasteiger partial charge in [0.15, 0.2) is 0 Å². The van der Waals surface area contributed by atoms with E-state index in [1.807, 2.05) is 0 Å². The van der Waals surface area contributed by atoms with Crippen molar-refractivity contribution >= 4 is 5.97 Å². The Balaban J connectivity index is 2.91. The molecule has 0 aliphatic carbocycles. The molecule has 0 saturated carbocycles. The van der Waals surface area contributed by atoms with Gasteiger partial charge >= 0.3 is 11.9 Å². The number of benzene rings is 1. The summed E-state index contributed by atoms with van der Waals surface area (Å²) in [6.07, 6.45) is -0.927. The van der Waals surface area contributed by atoms with Crippen LogP contribution in [0.5, 0.6) is 0 Å². The van der Waals surface area contributed by atoms with Crippen LogP contribution in [0.15, 0.2) is 18.2 Å². The highest BCUT2D eigenvalue weighted by atomic mass is 19.3. The molecule has 0 spiro atoms. The Labute approximate surface area is 84.3 Å². The van der Waals surface area contributed by atoms with E-state index < -0.39 is 24.1 Å². The highest BCUT2D eigenvalue weighted by Crippen LogP contribution is 2.21. The molecule has 1 aromatic rings. The number of aliphatic carboxylic acids is 1. The van der Waals surface area contributed by atoms with Crippen molar-refractivity contribution in [2.24, 2.45) is 0 Å². The quantitative estimate of drug-likeness (QED) is 0.845. The van der Waals surface area contributed by atoms with Crippen molar-refractivity contribution in [3.8, 4) is 0 Å². The van der Waals surface area contributed by atoms with Gasteiger partial charge in [-0.25, -0.2) is 9.18 Å². The fourth-order valence-electron chi connectivity index (χ4n) is 1.15. The van der Waals surface area contributed by atoms with Gasteiger partial charge in [0.25, 0.3) is 0 Å².